The molecule has 0 saturated heterocycles. The van der Waals surface area contributed by atoms with Gasteiger partial charge in [0, 0.05) is 12.4 Å². The van der Waals surface area contributed by atoms with Crippen LogP contribution in [0.1, 0.15) is 0 Å². The van der Waals surface area contributed by atoms with E-state index in [1.165, 1.54) is 30.9 Å². The van der Waals surface area contributed by atoms with Crippen molar-refractivity contribution in [3.05, 3.63) is 60.4 Å². The fourth-order valence-corrected chi connectivity index (χ4v) is 2.65. The Hall–Kier alpha value is -1.80. The van der Waals surface area contributed by atoms with Gasteiger partial charge in [0.05, 0.1) is 0 Å². The Bertz CT molecular complexity index is 557. The Morgan fingerprint density at radius 1 is 1.06 bits per heavy atom. The molecule has 0 fully saturated rings. The molecule has 0 radical (unpaired) electrons. The molecular formula is C13H13FNO2P. The van der Waals surface area contributed by atoms with Crippen molar-refractivity contribution < 1.29 is 13.5 Å². The molecule has 0 spiro atoms. The molecule has 2 aromatic carbocycles. The van der Waals surface area contributed by atoms with E-state index >= 15 is 0 Å². The van der Waals surface area contributed by atoms with Gasteiger partial charge in [-0.15, -0.1) is 0 Å². The molecule has 94 valence electrons. The minimum absolute atomic E-state index is 0.338. The third-order valence-electron chi connectivity index (χ3n) is 2.20. The van der Waals surface area contributed by atoms with Gasteiger partial charge in [0.15, 0.2) is 0 Å². The van der Waals surface area contributed by atoms with Gasteiger partial charge in [-0.25, -0.2) is 4.39 Å². The quantitative estimate of drug-likeness (QED) is 0.844. The average molecular weight is 265 g/mol. The lowest BCUT2D eigenvalue weighted by atomic mass is 10.3. The Kier molecular flexibility index (Phi) is 3.68. The second-order valence-electron chi connectivity index (χ2n) is 3.87. The van der Waals surface area contributed by atoms with Crippen LogP contribution in [0.5, 0.6) is 5.75 Å². The molecule has 0 aromatic heterocycles. The molecule has 18 heavy (non-hydrogen) atoms. The molecule has 0 saturated carbocycles. The molecule has 0 aliphatic heterocycles. The first-order valence-electron chi connectivity index (χ1n) is 5.41. The third-order valence-corrected chi connectivity index (χ3v) is 3.42. The van der Waals surface area contributed by atoms with Crippen molar-refractivity contribution in [3.8, 4) is 5.75 Å². The van der Waals surface area contributed by atoms with Crippen LogP contribution in [-0.4, -0.2) is 6.66 Å². The maximum Gasteiger partial charge on any atom is 0.338 e. The van der Waals surface area contributed by atoms with Crippen molar-refractivity contribution in [2.75, 3.05) is 11.8 Å². The number of nitrogens with one attached hydrogen (secondary N) is 1. The molecule has 3 nitrogen and oxygen atoms in total. The second-order valence-corrected chi connectivity index (χ2v) is 5.97. The van der Waals surface area contributed by atoms with Crippen LogP contribution >= 0.6 is 7.52 Å². The average Bonchev–Trinajstić information content (AvgIpc) is 2.32. The minimum atomic E-state index is -3.02. The number of anilines is 1. The second kappa shape index (κ2) is 5.23. The molecular weight excluding hydrogens is 252 g/mol. The molecule has 5 heteroatoms. The normalized spacial score (nSPS) is 13.7. The Labute approximate surface area is 105 Å². The third kappa shape index (κ3) is 3.60. The van der Waals surface area contributed by atoms with Crippen LogP contribution in [0.2, 0.25) is 0 Å². The van der Waals surface area contributed by atoms with Gasteiger partial charge in [-0.2, -0.15) is 0 Å². The molecule has 2 aromatic rings. The van der Waals surface area contributed by atoms with E-state index in [4.69, 9.17) is 4.52 Å². The van der Waals surface area contributed by atoms with Crippen molar-refractivity contribution in [1.29, 1.82) is 0 Å². The first kappa shape index (κ1) is 12.7. The predicted octanol–water partition coefficient (Wildman–Crippen LogP) is 4.14. The van der Waals surface area contributed by atoms with Crippen LogP contribution in [0.15, 0.2) is 54.6 Å². The van der Waals surface area contributed by atoms with E-state index < -0.39 is 7.52 Å². The molecule has 1 N–H and O–H groups in total. The van der Waals surface area contributed by atoms with Crippen LogP contribution < -0.4 is 9.61 Å². The van der Waals surface area contributed by atoms with Gasteiger partial charge in [0.2, 0.25) is 0 Å². The highest BCUT2D eigenvalue weighted by Gasteiger charge is 2.17. The number of para-hydroxylation sites is 1. The first-order valence-corrected chi connectivity index (χ1v) is 7.48. The summed E-state index contributed by atoms with van der Waals surface area (Å²) < 4.78 is 30.3. The van der Waals surface area contributed by atoms with E-state index in [1.54, 1.807) is 24.3 Å². The summed E-state index contributed by atoms with van der Waals surface area (Å²) in [6.45, 7) is 1.48. The number of benzene rings is 2. The van der Waals surface area contributed by atoms with E-state index in [0.717, 1.165) is 0 Å². The molecule has 1 unspecified atom stereocenters. The molecule has 0 aliphatic carbocycles. The van der Waals surface area contributed by atoms with E-state index in [1.807, 2.05) is 6.07 Å². The highest BCUT2D eigenvalue weighted by Crippen LogP contribution is 2.42. The van der Waals surface area contributed by atoms with Gasteiger partial charge in [0.1, 0.15) is 11.6 Å². The zero-order valence-corrected chi connectivity index (χ0v) is 10.7. The summed E-state index contributed by atoms with van der Waals surface area (Å²) in [5.74, 6) is 0.188. The van der Waals surface area contributed by atoms with Crippen molar-refractivity contribution in [3.63, 3.8) is 0 Å². The van der Waals surface area contributed by atoms with Crippen molar-refractivity contribution in [2.45, 2.75) is 0 Å². The number of rotatable bonds is 4. The molecule has 2 rings (SSSR count). The fraction of sp³-hybridized carbons (Fsp3) is 0.0769. The molecule has 0 bridgehead atoms. The van der Waals surface area contributed by atoms with Gasteiger partial charge in [-0.3, -0.25) is 4.57 Å². The maximum absolute atomic E-state index is 12.7. The minimum Gasteiger partial charge on any atom is -0.429 e. The smallest absolute Gasteiger partial charge is 0.338 e. The summed E-state index contributed by atoms with van der Waals surface area (Å²) in [6.07, 6.45) is 0. The van der Waals surface area contributed by atoms with E-state index in [-0.39, 0.29) is 5.82 Å². The van der Waals surface area contributed by atoms with E-state index in [2.05, 4.69) is 5.09 Å². The van der Waals surface area contributed by atoms with Gasteiger partial charge in [-0.1, -0.05) is 18.2 Å². The van der Waals surface area contributed by atoms with Crippen LogP contribution in [0, 0.1) is 5.82 Å². The van der Waals surface area contributed by atoms with E-state index in [0.29, 0.717) is 11.4 Å². The lowest BCUT2D eigenvalue weighted by molar-refractivity contribution is 0.493. The topological polar surface area (TPSA) is 38.3 Å². The molecule has 0 amide bonds. The fourth-order valence-electron chi connectivity index (χ4n) is 1.46. The lowest BCUT2D eigenvalue weighted by Gasteiger charge is -2.17. The standard InChI is InChI=1S/C13H13FNO2P/c1-18(16,17-13-5-3-2-4-6-13)15-12-9-7-11(14)8-10-12/h2-10H,1H3,(H,15,16). The van der Waals surface area contributed by atoms with E-state index in [9.17, 15) is 8.96 Å². The Balaban J connectivity index is 2.08. The molecule has 1 atom stereocenters. The highest BCUT2D eigenvalue weighted by atomic mass is 31.2. The summed E-state index contributed by atoms with van der Waals surface area (Å²) in [5, 5.41) is 2.76. The van der Waals surface area contributed by atoms with Crippen molar-refractivity contribution >= 4 is 13.2 Å². The van der Waals surface area contributed by atoms with Crippen LogP contribution in [0.4, 0.5) is 10.1 Å². The largest absolute Gasteiger partial charge is 0.429 e. The monoisotopic (exact) mass is 265 g/mol. The summed E-state index contributed by atoms with van der Waals surface area (Å²) >= 11 is 0. The summed E-state index contributed by atoms with van der Waals surface area (Å²) in [4.78, 5) is 0. The Morgan fingerprint density at radius 3 is 2.28 bits per heavy atom. The number of hydrogen-bond acceptors (Lipinski definition) is 2. The summed E-state index contributed by atoms with van der Waals surface area (Å²) in [5.41, 5.74) is 0.554. The summed E-state index contributed by atoms with van der Waals surface area (Å²) in [6, 6.07) is 14.5. The first-order chi connectivity index (χ1) is 8.55. The zero-order chi connectivity index (χ0) is 13.0. The summed E-state index contributed by atoms with van der Waals surface area (Å²) in [7, 11) is -3.02. The predicted molar refractivity (Wildman–Crippen MR) is 70.6 cm³/mol. The van der Waals surface area contributed by atoms with Crippen LogP contribution in [0.3, 0.4) is 0 Å². The molecule has 0 heterocycles. The van der Waals surface area contributed by atoms with Crippen LogP contribution in [0.25, 0.3) is 0 Å². The zero-order valence-electron chi connectivity index (χ0n) is 9.84. The van der Waals surface area contributed by atoms with Crippen molar-refractivity contribution in [2.24, 2.45) is 0 Å². The van der Waals surface area contributed by atoms with Gasteiger partial charge < -0.3 is 9.61 Å². The SMILES string of the molecule is CP(=O)(Nc1ccc(F)cc1)Oc1ccccc1. The van der Waals surface area contributed by atoms with Gasteiger partial charge in [0.25, 0.3) is 0 Å². The van der Waals surface area contributed by atoms with Crippen molar-refractivity contribution in [1.82, 2.24) is 0 Å². The lowest BCUT2D eigenvalue weighted by Crippen LogP contribution is -2.02. The molecule has 0 aliphatic rings. The van der Waals surface area contributed by atoms with Crippen LogP contribution in [-0.2, 0) is 4.57 Å². The number of halogens is 1. The van der Waals surface area contributed by atoms with Gasteiger partial charge >= 0.3 is 7.52 Å². The maximum atomic E-state index is 12.7. The number of hydrogen-bond donors (Lipinski definition) is 1. The highest BCUT2D eigenvalue weighted by molar-refractivity contribution is 7.60. The Morgan fingerprint density at radius 2 is 1.67 bits per heavy atom. The van der Waals surface area contributed by atoms with Gasteiger partial charge in [-0.05, 0) is 36.4 Å².